The number of hydrogen-bond acceptors (Lipinski definition) is 4. The van der Waals surface area contributed by atoms with Crippen molar-refractivity contribution in [1.29, 1.82) is 0 Å². The van der Waals surface area contributed by atoms with Gasteiger partial charge in [-0.1, -0.05) is 18.2 Å². The molecule has 1 fully saturated rings. The number of methoxy groups -OCH3 is 1. The van der Waals surface area contributed by atoms with Crippen LogP contribution in [0.25, 0.3) is 0 Å². The molecule has 0 saturated carbocycles. The summed E-state index contributed by atoms with van der Waals surface area (Å²) in [4.78, 5) is 14.2. The molecule has 1 amide bonds. The molecule has 5 nitrogen and oxygen atoms in total. The van der Waals surface area contributed by atoms with E-state index in [2.05, 4.69) is 10.2 Å². The summed E-state index contributed by atoms with van der Waals surface area (Å²) in [6.07, 6.45) is 1.19. The molecule has 1 aliphatic heterocycles. The fraction of sp³-hybridized carbons (Fsp3) is 0.562. The summed E-state index contributed by atoms with van der Waals surface area (Å²) in [7, 11) is 1.65. The molecular formula is C16H24N2O3. The van der Waals surface area contributed by atoms with Gasteiger partial charge < -0.3 is 14.8 Å². The first kappa shape index (κ1) is 15.8. The van der Waals surface area contributed by atoms with Crippen molar-refractivity contribution in [2.24, 2.45) is 0 Å². The number of aryl methyl sites for hydroxylation is 1. The van der Waals surface area contributed by atoms with Crippen LogP contribution in [-0.2, 0) is 16.0 Å². The first-order chi connectivity index (χ1) is 10.3. The number of morpholine rings is 1. The Hall–Kier alpha value is -1.59. The summed E-state index contributed by atoms with van der Waals surface area (Å²) in [5.41, 5.74) is 1.07. The highest BCUT2D eigenvalue weighted by atomic mass is 16.5. The normalized spacial score (nSPS) is 15.7. The van der Waals surface area contributed by atoms with Gasteiger partial charge in [-0.3, -0.25) is 9.69 Å². The Labute approximate surface area is 126 Å². The predicted octanol–water partition coefficient (Wildman–Crippen LogP) is 1.08. The van der Waals surface area contributed by atoms with E-state index in [-0.39, 0.29) is 5.91 Å². The van der Waals surface area contributed by atoms with Crippen molar-refractivity contribution in [1.82, 2.24) is 10.2 Å². The number of para-hydroxylation sites is 1. The monoisotopic (exact) mass is 292 g/mol. The van der Waals surface area contributed by atoms with Crippen LogP contribution in [0.2, 0.25) is 0 Å². The SMILES string of the molecule is COc1ccccc1CCC(=O)NCCN1CCOCC1. The molecule has 0 radical (unpaired) electrons. The predicted molar refractivity (Wildman–Crippen MR) is 81.6 cm³/mol. The standard InChI is InChI=1S/C16H24N2O3/c1-20-15-5-3-2-4-14(15)6-7-16(19)17-8-9-18-10-12-21-13-11-18/h2-5H,6-13H2,1H3,(H,17,19). The highest BCUT2D eigenvalue weighted by molar-refractivity contribution is 5.76. The summed E-state index contributed by atoms with van der Waals surface area (Å²) in [5, 5.41) is 2.98. The van der Waals surface area contributed by atoms with Crippen LogP contribution in [0.5, 0.6) is 5.75 Å². The van der Waals surface area contributed by atoms with Crippen molar-refractivity contribution < 1.29 is 14.3 Å². The number of nitrogens with one attached hydrogen (secondary N) is 1. The van der Waals surface area contributed by atoms with Gasteiger partial charge in [-0.05, 0) is 18.1 Å². The van der Waals surface area contributed by atoms with Gasteiger partial charge in [0.25, 0.3) is 0 Å². The summed E-state index contributed by atoms with van der Waals surface area (Å²) in [6, 6.07) is 7.82. The molecule has 0 bridgehead atoms. The second-order valence-electron chi connectivity index (χ2n) is 5.12. The van der Waals surface area contributed by atoms with Crippen molar-refractivity contribution in [2.45, 2.75) is 12.8 Å². The summed E-state index contributed by atoms with van der Waals surface area (Å²) in [6.45, 7) is 5.09. The van der Waals surface area contributed by atoms with Gasteiger partial charge in [0.2, 0.25) is 5.91 Å². The Morgan fingerprint density at radius 3 is 2.86 bits per heavy atom. The van der Waals surface area contributed by atoms with Gasteiger partial charge >= 0.3 is 0 Å². The lowest BCUT2D eigenvalue weighted by molar-refractivity contribution is -0.121. The number of carbonyl (C=O) groups is 1. The fourth-order valence-electron chi connectivity index (χ4n) is 2.42. The maximum atomic E-state index is 11.9. The Morgan fingerprint density at radius 1 is 1.33 bits per heavy atom. The van der Waals surface area contributed by atoms with E-state index in [0.717, 1.165) is 44.2 Å². The number of carbonyl (C=O) groups excluding carboxylic acids is 1. The van der Waals surface area contributed by atoms with Crippen molar-refractivity contribution >= 4 is 5.91 Å². The third-order valence-electron chi connectivity index (χ3n) is 3.67. The molecule has 0 spiro atoms. The van der Waals surface area contributed by atoms with E-state index in [1.807, 2.05) is 24.3 Å². The van der Waals surface area contributed by atoms with Crippen LogP contribution in [0.3, 0.4) is 0 Å². The third kappa shape index (κ3) is 5.36. The Bertz CT molecular complexity index is 445. The highest BCUT2D eigenvalue weighted by Gasteiger charge is 2.10. The quantitative estimate of drug-likeness (QED) is 0.817. The summed E-state index contributed by atoms with van der Waals surface area (Å²) >= 11 is 0. The van der Waals surface area contributed by atoms with Gasteiger partial charge in [-0.25, -0.2) is 0 Å². The number of rotatable bonds is 7. The van der Waals surface area contributed by atoms with Gasteiger partial charge in [-0.15, -0.1) is 0 Å². The van der Waals surface area contributed by atoms with Crippen LogP contribution in [0.15, 0.2) is 24.3 Å². The molecule has 1 saturated heterocycles. The first-order valence-corrected chi connectivity index (χ1v) is 7.48. The first-order valence-electron chi connectivity index (χ1n) is 7.48. The van der Waals surface area contributed by atoms with Gasteiger partial charge in [-0.2, -0.15) is 0 Å². The molecule has 116 valence electrons. The minimum absolute atomic E-state index is 0.0918. The van der Waals surface area contributed by atoms with E-state index >= 15 is 0 Å². The van der Waals surface area contributed by atoms with Gasteiger partial charge in [0.05, 0.1) is 20.3 Å². The zero-order valence-electron chi connectivity index (χ0n) is 12.6. The lowest BCUT2D eigenvalue weighted by Crippen LogP contribution is -2.41. The molecule has 1 aromatic rings. The van der Waals surface area contributed by atoms with E-state index < -0.39 is 0 Å². The van der Waals surface area contributed by atoms with Crippen molar-refractivity contribution in [3.8, 4) is 5.75 Å². The van der Waals surface area contributed by atoms with E-state index in [4.69, 9.17) is 9.47 Å². The average Bonchev–Trinajstić information content (AvgIpc) is 2.54. The van der Waals surface area contributed by atoms with E-state index in [1.165, 1.54) is 0 Å². The van der Waals surface area contributed by atoms with Crippen LogP contribution >= 0.6 is 0 Å². The maximum absolute atomic E-state index is 11.9. The minimum Gasteiger partial charge on any atom is -0.496 e. The van der Waals surface area contributed by atoms with Crippen LogP contribution in [0, 0.1) is 0 Å². The Morgan fingerprint density at radius 2 is 2.10 bits per heavy atom. The molecule has 0 aromatic heterocycles. The minimum atomic E-state index is 0.0918. The number of amides is 1. The molecule has 1 aromatic carbocycles. The van der Waals surface area contributed by atoms with E-state index in [9.17, 15) is 4.79 Å². The maximum Gasteiger partial charge on any atom is 0.220 e. The zero-order valence-corrected chi connectivity index (χ0v) is 12.6. The van der Waals surface area contributed by atoms with Gasteiger partial charge in [0, 0.05) is 32.6 Å². The topological polar surface area (TPSA) is 50.8 Å². The molecule has 0 aliphatic carbocycles. The van der Waals surface area contributed by atoms with Crippen LogP contribution in [-0.4, -0.2) is 57.3 Å². The number of ether oxygens (including phenoxy) is 2. The number of hydrogen-bond donors (Lipinski definition) is 1. The molecule has 2 rings (SSSR count). The Kier molecular flexibility index (Phi) is 6.50. The van der Waals surface area contributed by atoms with Crippen LogP contribution in [0.4, 0.5) is 0 Å². The lowest BCUT2D eigenvalue weighted by atomic mass is 10.1. The zero-order chi connectivity index (χ0) is 14.9. The molecule has 0 atom stereocenters. The number of nitrogens with zero attached hydrogens (tertiary/aromatic N) is 1. The Balaban J connectivity index is 1.65. The third-order valence-corrected chi connectivity index (χ3v) is 3.67. The molecule has 1 aliphatic rings. The second-order valence-corrected chi connectivity index (χ2v) is 5.12. The van der Waals surface area contributed by atoms with Crippen LogP contribution < -0.4 is 10.1 Å². The van der Waals surface area contributed by atoms with Crippen molar-refractivity contribution in [3.63, 3.8) is 0 Å². The van der Waals surface area contributed by atoms with Gasteiger partial charge in [0.15, 0.2) is 0 Å². The molecular weight excluding hydrogens is 268 g/mol. The van der Waals surface area contributed by atoms with Crippen molar-refractivity contribution in [2.75, 3.05) is 46.5 Å². The average molecular weight is 292 g/mol. The number of benzene rings is 1. The molecule has 0 unspecified atom stereocenters. The fourth-order valence-corrected chi connectivity index (χ4v) is 2.42. The lowest BCUT2D eigenvalue weighted by Gasteiger charge is -2.26. The molecule has 1 N–H and O–H groups in total. The van der Waals surface area contributed by atoms with E-state index in [1.54, 1.807) is 7.11 Å². The highest BCUT2D eigenvalue weighted by Crippen LogP contribution is 2.18. The van der Waals surface area contributed by atoms with Crippen molar-refractivity contribution in [3.05, 3.63) is 29.8 Å². The van der Waals surface area contributed by atoms with E-state index in [0.29, 0.717) is 19.4 Å². The largest absolute Gasteiger partial charge is 0.496 e. The van der Waals surface area contributed by atoms with Gasteiger partial charge in [0.1, 0.15) is 5.75 Å². The molecule has 21 heavy (non-hydrogen) atoms. The smallest absolute Gasteiger partial charge is 0.220 e. The summed E-state index contributed by atoms with van der Waals surface area (Å²) < 4.78 is 10.6. The molecule has 5 heteroatoms. The van der Waals surface area contributed by atoms with Crippen LogP contribution in [0.1, 0.15) is 12.0 Å². The second kappa shape index (κ2) is 8.64. The molecule has 1 heterocycles. The summed E-state index contributed by atoms with van der Waals surface area (Å²) in [5.74, 6) is 0.938.